The van der Waals surface area contributed by atoms with Gasteiger partial charge < -0.3 is 4.90 Å². The SMILES string of the molecule is CCC1CCC(C)N1c1ccc(C(C)=O)c(Br)c1. The fraction of sp³-hybridized carbons (Fsp3) is 0.533. The van der Waals surface area contributed by atoms with Gasteiger partial charge in [-0.1, -0.05) is 6.92 Å². The molecule has 0 aliphatic carbocycles. The molecule has 2 unspecified atom stereocenters. The summed E-state index contributed by atoms with van der Waals surface area (Å²) in [5.74, 6) is 0.106. The molecule has 18 heavy (non-hydrogen) atoms. The molecule has 0 aromatic heterocycles. The first-order chi connectivity index (χ1) is 8.54. The molecule has 1 heterocycles. The maximum Gasteiger partial charge on any atom is 0.160 e. The molecular formula is C15H20BrNO. The summed E-state index contributed by atoms with van der Waals surface area (Å²) in [6, 6.07) is 7.31. The fourth-order valence-electron chi connectivity index (χ4n) is 2.89. The summed E-state index contributed by atoms with van der Waals surface area (Å²) in [5, 5.41) is 0. The summed E-state index contributed by atoms with van der Waals surface area (Å²) < 4.78 is 0.904. The number of carbonyl (C=O) groups excluding carboxylic acids is 1. The molecule has 2 atom stereocenters. The number of halogens is 1. The molecule has 1 aliphatic heterocycles. The van der Waals surface area contributed by atoms with Crippen LogP contribution in [-0.2, 0) is 0 Å². The van der Waals surface area contributed by atoms with E-state index in [0.717, 1.165) is 10.0 Å². The van der Waals surface area contributed by atoms with E-state index in [9.17, 15) is 4.79 Å². The second kappa shape index (κ2) is 5.43. The van der Waals surface area contributed by atoms with Crippen molar-refractivity contribution < 1.29 is 4.79 Å². The molecule has 3 heteroatoms. The van der Waals surface area contributed by atoms with Crippen molar-refractivity contribution in [1.29, 1.82) is 0 Å². The highest BCUT2D eigenvalue weighted by Gasteiger charge is 2.29. The summed E-state index contributed by atoms with van der Waals surface area (Å²) in [6.07, 6.45) is 3.70. The van der Waals surface area contributed by atoms with Crippen molar-refractivity contribution >= 4 is 27.4 Å². The molecule has 98 valence electrons. The Morgan fingerprint density at radius 1 is 1.44 bits per heavy atom. The van der Waals surface area contributed by atoms with Crippen LogP contribution in [0.15, 0.2) is 22.7 Å². The number of rotatable bonds is 3. The van der Waals surface area contributed by atoms with Crippen molar-refractivity contribution in [2.24, 2.45) is 0 Å². The van der Waals surface area contributed by atoms with E-state index in [1.54, 1.807) is 6.92 Å². The van der Waals surface area contributed by atoms with E-state index in [-0.39, 0.29) is 5.78 Å². The number of anilines is 1. The average Bonchev–Trinajstić information content (AvgIpc) is 2.69. The van der Waals surface area contributed by atoms with E-state index in [1.807, 2.05) is 6.07 Å². The van der Waals surface area contributed by atoms with Gasteiger partial charge in [-0.25, -0.2) is 0 Å². The Balaban J connectivity index is 2.33. The largest absolute Gasteiger partial charge is 0.366 e. The molecule has 1 aromatic carbocycles. The van der Waals surface area contributed by atoms with Crippen LogP contribution in [0.4, 0.5) is 5.69 Å². The molecule has 0 bridgehead atoms. The Bertz CT molecular complexity index is 458. The third-order valence-corrected chi connectivity index (χ3v) is 4.54. The van der Waals surface area contributed by atoms with Gasteiger partial charge in [0.1, 0.15) is 0 Å². The predicted molar refractivity (Wildman–Crippen MR) is 79.4 cm³/mol. The van der Waals surface area contributed by atoms with Gasteiger partial charge in [-0.3, -0.25) is 4.79 Å². The van der Waals surface area contributed by atoms with Gasteiger partial charge in [-0.15, -0.1) is 0 Å². The van der Waals surface area contributed by atoms with Gasteiger partial charge in [-0.05, 0) is 67.2 Å². The summed E-state index contributed by atoms with van der Waals surface area (Å²) in [5.41, 5.74) is 1.99. The van der Waals surface area contributed by atoms with Crippen LogP contribution in [-0.4, -0.2) is 17.9 Å². The molecule has 0 saturated carbocycles. The highest BCUT2D eigenvalue weighted by molar-refractivity contribution is 9.10. The zero-order valence-corrected chi connectivity index (χ0v) is 12.8. The molecule has 0 N–H and O–H groups in total. The second-order valence-electron chi connectivity index (χ2n) is 5.12. The van der Waals surface area contributed by atoms with Crippen LogP contribution in [0.5, 0.6) is 0 Å². The molecular weight excluding hydrogens is 290 g/mol. The lowest BCUT2D eigenvalue weighted by Crippen LogP contribution is -2.34. The molecule has 0 radical (unpaired) electrons. The van der Waals surface area contributed by atoms with Crippen LogP contribution >= 0.6 is 15.9 Å². The number of nitrogens with zero attached hydrogens (tertiary/aromatic N) is 1. The van der Waals surface area contributed by atoms with Crippen molar-refractivity contribution in [3.8, 4) is 0 Å². The Hall–Kier alpha value is -0.830. The second-order valence-corrected chi connectivity index (χ2v) is 5.97. The zero-order chi connectivity index (χ0) is 13.3. The molecule has 1 fully saturated rings. The average molecular weight is 310 g/mol. The van der Waals surface area contributed by atoms with Gasteiger partial charge in [0.2, 0.25) is 0 Å². The third-order valence-electron chi connectivity index (χ3n) is 3.89. The standard InChI is InChI=1S/C15H20BrNO/c1-4-12-6-5-10(2)17(12)13-7-8-14(11(3)18)15(16)9-13/h7-10,12H,4-6H2,1-3H3. The lowest BCUT2D eigenvalue weighted by molar-refractivity contribution is 0.101. The van der Waals surface area contributed by atoms with Gasteiger partial charge in [0.25, 0.3) is 0 Å². The molecule has 1 saturated heterocycles. The van der Waals surface area contributed by atoms with Crippen molar-refractivity contribution in [1.82, 2.24) is 0 Å². The van der Waals surface area contributed by atoms with Gasteiger partial charge in [-0.2, -0.15) is 0 Å². The first kappa shape index (κ1) is 13.6. The van der Waals surface area contributed by atoms with E-state index in [4.69, 9.17) is 0 Å². The topological polar surface area (TPSA) is 20.3 Å². The third kappa shape index (κ3) is 2.46. The molecule has 0 spiro atoms. The Labute approximate surface area is 117 Å². The van der Waals surface area contributed by atoms with Gasteiger partial charge in [0.05, 0.1) is 0 Å². The first-order valence-electron chi connectivity index (χ1n) is 6.63. The van der Waals surface area contributed by atoms with E-state index in [0.29, 0.717) is 12.1 Å². The molecule has 2 rings (SSSR count). The number of hydrogen-bond donors (Lipinski definition) is 0. The summed E-state index contributed by atoms with van der Waals surface area (Å²) >= 11 is 3.51. The van der Waals surface area contributed by atoms with Crippen LogP contribution < -0.4 is 4.90 Å². The number of benzene rings is 1. The predicted octanol–water partition coefficient (Wildman–Crippen LogP) is 4.42. The monoisotopic (exact) mass is 309 g/mol. The lowest BCUT2D eigenvalue weighted by Gasteiger charge is -2.30. The van der Waals surface area contributed by atoms with Crippen LogP contribution in [0.3, 0.4) is 0 Å². The minimum absolute atomic E-state index is 0.106. The van der Waals surface area contributed by atoms with E-state index >= 15 is 0 Å². The summed E-state index contributed by atoms with van der Waals surface area (Å²) in [4.78, 5) is 13.9. The van der Waals surface area contributed by atoms with Gasteiger partial charge in [0.15, 0.2) is 5.78 Å². The number of hydrogen-bond acceptors (Lipinski definition) is 2. The fourth-order valence-corrected chi connectivity index (χ4v) is 3.53. The van der Waals surface area contributed by atoms with E-state index in [1.165, 1.54) is 24.9 Å². The smallest absolute Gasteiger partial charge is 0.160 e. The van der Waals surface area contributed by atoms with Crippen LogP contribution in [0.25, 0.3) is 0 Å². The molecule has 1 aliphatic rings. The number of carbonyl (C=O) groups is 1. The lowest BCUT2D eigenvalue weighted by atomic mass is 10.1. The van der Waals surface area contributed by atoms with Crippen LogP contribution in [0.1, 0.15) is 50.4 Å². The quantitative estimate of drug-likeness (QED) is 0.770. The minimum atomic E-state index is 0.106. The van der Waals surface area contributed by atoms with Crippen molar-refractivity contribution in [2.75, 3.05) is 4.90 Å². The van der Waals surface area contributed by atoms with Crippen molar-refractivity contribution in [3.05, 3.63) is 28.2 Å². The van der Waals surface area contributed by atoms with Crippen molar-refractivity contribution in [3.63, 3.8) is 0 Å². The minimum Gasteiger partial charge on any atom is -0.366 e. The highest BCUT2D eigenvalue weighted by Crippen LogP contribution is 2.34. The van der Waals surface area contributed by atoms with Crippen LogP contribution in [0, 0.1) is 0 Å². The molecule has 0 amide bonds. The molecule has 1 aromatic rings. The number of Topliss-reactive ketones (excluding diaryl/α,β-unsaturated/α-hetero) is 1. The van der Waals surface area contributed by atoms with Gasteiger partial charge >= 0.3 is 0 Å². The summed E-state index contributed by atoms with van der Waals surface area (Å²) in [7, 11) is 0. The van der Waals surface area contributed by atoms with Gasteiger partial charge in [0, 0.05) is 27.8 Å². The highest BCUT2D eigenvalue weighted by atomic mass is 79.9. The van der Waals surface area contributed by atoms with E-state index in [2.05, 4.69) is 46.8 Å². The Morgan fingerprint density at radius 3 is 2.72 bits per heavy atom. The van der Waals surface area contributed by atoms with E-state index < -0.39 is 0 Å². The van der Waals surface area contributed by atoms with Crippen molar-refractivity contribution in [2.45, 2.75) is 52.1 Å². The zero-order valence-electron chi connectivity index (χ0n) is 11.2. The Morgan fingerprint density at radius 2 is 2.17 bits per heavy atom. The maximum absolute atomic E-state index is 11.4. The molecule has 2 nitrogen and oxygen atoms in total. The van der Waals surface area contributed by atoms with Crippen LogP contribution in [0.2, 0.25) is 0 Å². The maximum atomic E-state index is 11.4. The normalized spacial score (nSPS) is 23.4. The first-order valence-corrected chi connectivity index (χ1v) is 7.42. The number of ketones is 1. The Kier molecular flexibility index (Phi) is 4.10. The summed E-state index contributed by atoms with van der Waals surface area (Å²) in [6.45, 7) is 6.13.